The maximum atomic E-state index is 3.75. The van der Waals surface area contributed by atoms with Crippen molar-refractivity contribution in [2.45, 2.75) is 97.1 Å². The van der Waals surface area contributed by atoms with E-state index in [-0.39, 0.29) is 0 Å². The first-order valence-corrected chi connectivity index (χ1v) is 7.98. The first kappa shape index (κ1) is 15.0. The first-order chi connectivity index (χ1) is 8.22. The summed E-state index contributed by atoms with van der Waals surface area (Å²) in [5.41, 5.74) is 0. The molecule has 1 nitrogen and oxygen atoms in total. The fourth-order valence-electron chi connectivity index (χ4n) is 3.15. The van der Waals surface area contributed by atoms with E-state index >= 15 is 0 Å². The second kappa shape index (κ2) is 8.97. The molecule has 1 fully saturated rings. The molecule has 1 aliphatic rings. The lowest BCUT2D eigenvalue weighted by Crippen LogP contribution is -2.35. The number of hydrogen-bond donors (Lipinski definition) is 1. The highest BCUT2D eigenvalue weighted by atomic mass is 14.9. The molecule has 1 rings (SSSR count). The number of unbranched alkanes of at least 4 members (excludes halogenated alkanes) is 1. The topological polar surface area (TPSA) is 12.0 Å². The molecule has 1 unspecified atom stereocenters. The van der Waals surface area contributed by atoms with Crippen LogP contribution >= 0.6 is 0 Å². The lowest BCUT2D eigenvalue weighted by Gasteiger charge is -2.26. The van der Waals surface area contributed by atoms with Crippen molar-refractivity contribution in [3.8, 4) is 0 Å². The monoisotopic (exact) mass is 239 g/mol. The summed E-state index contributed by atoms with van der Waals surface area (Å²) in [6.07, 6.45) is 14.4. The molecule has 1 atom stereocenters. The maximum Gasteiger partial charge on any atom is 0.00695 e. The Hall–Kier alpha value is -0.0400. The summed E-state index contributed by atoms with van der Waals surface area (Å²) in [7, 11) is 0. The van der Waals surface area contributed by atoms with Gasteiger partial charge in [0.2, 0.25) is 0 Å². The van der Waals surface area contributed by atoms with Gasteiger partial charge in [0, 0.05) is 12.1 Å². The average molecular weight is 239 g/mol. The summed E-state index contributed by atoms with van der Waals surface area (Å²) in [5.74, 6) is 1.04. The molecule has 0 spiro atoms. The lowest BCUT2D eigenvalue weighted by atomic mass is 9.84. The molecule has 0 heterocycles. The highest BCUT2D eigenvalue weighted by Crippen LogP contribution is 2.28. The molecule has 0 radical (unpaired) electrons. The van der Waals surface area contributed by atoms with Gasteiger partial charge in [-0.3, -0.25) is 0 Å². The van der Waals surface area contributed by atoms with Crippen LogP contribution < -0.4 is 5.32 Å². The van der Waals surface area contributed by atoms with Gasteiger partial charge in [-0.2, -0.15) is 0 Å². The average Bonchev–Trinajstić information content (AvgIpc) is 2.33. The van der Waals surface area contributed by atoms with Crippen molar-refractivity contribution in [3.63, 3.8) is 0 Å². The molecule has 1 aliphatic carbocycles. The summed E-state index contributed by atoms with van der Waals surface area (Å²) in [6.45, 7) is 6.85. The molecule has 0 amide bonds. The van der Waals surface area contributed by atoms with Crippen LogP contribution in [0.15, 0.2) is 0 Å². The van der Waals surface area contributed by atoms with Crippen LogP contribution in [-0.4, -0.2) is 12.1 Å². The molecule has 0 bridgehead atoms. The van der Waals surface area contributed by atoms with Crippen LogP contribution in [0.5, 0.6) is 0 Å². The minimum atomic E-state index is 0.642. The van der Waals surface area contributed by atoms with E-state index in [1.807, 2.05) is 0 Å². The lowest BCUT2D eigenvalue weighted by molar-refractivity contribution is 0.301. The standard InChI is InChI=1S/C16H33N/c1-4-5-11-16(17-14(2)3)13-12-15-9-7-6-8-10-15/h14-17H,4-13H2,1-3H3. The Balaban J connectivity index is 2.21. The Labute approximate surface area is 109 Å². The quantitative estimate of drug-likeness (QED) is 0.635. The maximum absolute atomic E-state index is 3.75. The van der Waals surface area contributed by atoms with Crippen LogP contribution in [0.3, 0.4) is 0 Å². The number of nitrogens with one attached hydrogen (secondary N) is 1. The first-order valence-electron chi connectivity index (χ1n) is 7.98. The van der Waals surface area contributed by atoms with Gasteiger partial charge in [-0.15, -0.1) is 0 Å². The predicted molar refractivity (Wildman–Crippen MR) is 77.4 cm³/mol. The Morgan fingerprint density at radius 3 is 2.35 bits per heavy atom. The third-order valence-electron chi connectivity index (χ3n) is 4.12. The van der Waals surface area contributed by atoms with E-state index in [1.165, 1.54) is 64.2 Å². The highest BCUT2D eigenvalue weighted by molar-refractivity contribution is 4.73. The Bertz CT molecular complexity index is 170. The van der Waals surface area contributed by atoms with Crippen molar-refractivity contribution in [2.24, 2.45) is 5.92 Å². The van der Waals surface area contributed by atoms with Crippen LogP contribution in [0, 0.1) is 5.92 Å². The van der Waals surface area contributed by atoms with Gasteiger partial charge in [-0.1, -0.05) is 65.7 Å². The van der Waals surface area contributed by atoms with Crippen molar-refractivity contribution in [3.05, 3.63) is 0 Å². The van der Waals surface area contributed by atoms with Gasteiger partial charge in [0.1, 0.15) is 0 Å². The predicted octanol–water partition coefficient (Wildman–Crippen LogP) is 4.90. The van der Waals surface area contributed by atoms with Gasteiger partial charge in [-0.05, 0) is 25.2 Å². The summed E-state index contributed by atoms with van der Waals surface area (Å²) >= 11 is 0. The Morgan fingerprint density at radius 1 is 1.06 bits per heavy atom. The summed E-state index contributed by atoms with van der Waals surface area (Å²) in [5, 5.41) is 3.75. The smallest absolute Gasteiger partial charge is 0.00695 e. The highest BCUT2D eigenvalue weighted by Gasteiger charge is 2.16. The summed E-state index contributed by atoms with van der Waals surface area (Å²) < 4.78 is 0. The largest absolute Gasteiger partial charge is 0.312 e. The zero-order chi connectivity index (χ0) is 12.5. The van der Waals surface area contributed by atoms with Gasteiger partial charge in [0.05, 0.1) is 0 Å². The van der Waals surface area contributed by atoms with Gasteiger partial charge in [-0.25, -0.2) is 0 Å². The van der Waals surface area contributed by atoms with Crippen molar-refractivity contribution >= 4 is 0 Å². The minimum Gasteiger partial charge on any atom is -0.312 e. The second-order valence-electron chi connectivity index (χ2n) is 6.24. The zero-order valence-electron chi connectivity index (χ0n) is 12.3. The minimum absolute atomic E-state index is 0.642. The molecule has 1 saturated carbocycles. The number of rotatable bonds is 8. The molecule has 1 N–H and O–H groups in total. The number of hydrogen-bond acceptors (Lipinski definition) is 1. The molecule has 0 aromatic carbocycles. The van der Waals surface area contributed by atoms with Crippen LogP contribution in [0.25, 0.3) is 0 Å². The fraction of sp³-hybridized carbons (Fsp3) is 1.00. The van der Waals surface area contributed by atoms with Crippen molar-refractivity contribution < 1.29 is 0 Å². The van der Waals surface area contributed by atoms with Gasteiger partial charge < -0.3 is 5.32 Å². The molecule has 17 heavy (non-hydrogen) atoms. The fourth-order valence-corrected chi connectivity index (χ4v) is 3.15. The summed E-state index contributed by atoms with van der Waals surface area (Å²) in [4.78, 5) is 0. The molecular formula is C16H33N. The molecule has 0 saturated heterocycles. The van der Waals surface area contributed by atoms with Crippen molar-refractivity contribution in [1.29, 1.82) is 0 Å². The van der Waals surface area contributed by atoms with E-state index in [9.17, 15) is 0 Å². The van der Waals surface area contributed by atoms with Crippen LogP contribution in [0.2, 0.25) is 0 Å². The van der Waals surface area contributed by atoms with E-state index in [0.29, 0.717) is 6.04 Å². The molecule has 102 valence electrons. The molecular weight excluding hydrogens is 206 g/mol. The van der Waals surface area contributed by atoms with Gasteiger partial charge in [0.25, 0.3) is 0 Å². The van der Waals surface area contributed by atoms with Gasteiger partial charge >= 0.3 is 0 Å². The van der Waals surface area contributed by atoms with E-state index < -0.39 is 0 Å². The molecule has 0 aromatic rings. The molecule has 1 heteroatoms. The van der Waals surface area contributed by atoms with Crippen LogP contribution in [0.4, 0.5) is 0 Å². The molecule has 0 aliphatic heterocycles. The normalized spacial score (nSPS) is 19.8. The SMILES string of the molecule is CCCCC(CCC1CCCCC1)NC(C)C. The van der Waals surface area contributed by atoms with Crippen LogP contribution in [0.1, 0.15) is 85.0 Å². The van der Waals surface area contributed by atoms with E-state index in [2.05, 4.69) is 26.1 Å². The van der Waals surface area contributed by atoms with Crippen molar-refractivity contribution in [1.82, 2.24) is 5.32 Å². The van der Waals surface area contributed by atoms with Crippen LogP contribution in [-0.2, 0) is 0 Å². The van der Waals surface area contributed by atoms with E-state index in [4.69, 9.17) is 0 Å². The van der Waals surface area contributed by atoms with E-state index in [0.717, 1.165) is 12.0 Å². The third kappa shape index (κ3) is 7.08. The zero-order valence-corrected chi connectivity index (χ0v) is 12.3. The second-order valence-corrected chi connectivity index (χ2v) is 6.24. The van der Waals surface area contributed by atoms with Crippen molar-refractivity contribution in [2.75, 3.05) is 0 Å². The Morgan fingerprint density at radius 2 is 1.76 bits per heavy atom. The Kier molecular flexibility index (Phi) is 7.92. The molecule has 0 aromatic heterocycles. The van der Waals surface area contributed by atoms with Gasteiger partial charge in [0.15, 0.2) is 0 Å². The van der Waals surface area contributed by atoms with E-state index in [1.54, 1.807) is 0 Å². The summed E-state index contributed by atoms with van der Waals surface area (Å²) in [6, 6.07) is 1.42. The third-order valence-corrected chi connectivity index (χ3v) is 4.12.